The number of sulfonamides is 1. The normalized spacial score (nSPS) is 16.2. The molecule has 0 amide bonds. The van der Waals surface area contributed by atoms with Crippen LogP contribution in [0.4, 0.5) is 8.78 Å². The Morgan fingerprint density at radius 1 is 1.36 bits per heavy atom. The van der Waals surface area contributed by atoms with E-state index in [1.807, 2.05) is 0 Å². The highest BCUT2D eigenvalue weighted by Gasteiger charge is 2.42. The molecule has 0 bridgehead atoms. The maximum absolute atomic E-state index is 13.0. The molecule has 3 aromatic rings. The Bertz CT molecular complexity index is 1220. The first-order valence-corrected chi connectivity index (χ1v) is 10.0. The molecule has 0 unspecified atom stereocenters. The summed E-state index contributed by atoms with van der Waals surface area (Å²) in [5.41, 5.74) is -0.616. The van der Waals surface area contributed by atoms with Crippen LogP contribution in [0.25, 0.3) is 22.5 Å². The van der Waals surface area contributed by atoms with E-state index in [9.17, 15) is 22.0 Å². The Hall–Kier alpha value is -2.60. The van der Waals surface area contributed by atoms with Crippen LogP contribution in [0.1, 0.15) is 39.0 Å². The SMILES string of the molecule is CCn1c(=O)[nH]c2c(-c3nnc(C(F)F)o3)c(S(=O)(=O)NC3(C)CC3)ccc21. The minimum atomic E-state index is -4.04. The maximum atomic E-state index is 13.0. The number of hydrogen-bond donors (Lipinski definition) is 2. The van der Waals surface area contributed by atoms with Crippen LogP contribution in [0.3, 0.4) is 0 Å². The van der Waals surface area contributed by atoms with Gasteiger partial charge in [-0.3, -0.25) is 4.57 Å². The number of rotatable bonds is 6. The minimum absolute atomic E-state index is 0.113. The largest absolute Gasteiger partial charge is 0.415 e. The molecule has 150 valence electrons. The van der Waals surface area contributed by atoms with Gasteiger partial charge in [0.1, 0.15) is 0 Å². The van der Waals surface area contributed by atoms with Crippen molar-refractivity contribution in [1.29, 1.82) is 0 Å². The number of aromatic nitrogens is 4. The van der Waals surface area contributed by atoms with Gasteiger partial charge in [-0.2, -0.15) is 8.78 Å². The first kappa shape index (κ1) is 18.7. The van der Waals surface area contributed by atoms with Gasteiger partial charge in [-0.05, 0) is 38.8 Å². The Kier molecular flexibility index (Phi) is 4.16. The number of benzene rings is 1. The van der Waals surface area contributed by atoms with Crippen LogP contribution < -0.4 is 10.4 Å². The van der Waals surface area contributed by atoms with Crippen molar-refractivity contribution in [3.8, 4) is 11.5 Å². The fourth-order valence-electron chi connectivity index (χ4n) is 3.05. The monoisotopic (exact) mass is 413 g/mol. The fraction of sp³-hybridized carbons (Fsp3) is 0.438. The predicted molar refractivity (Wildman–Crippen MR) is 94.4 cm³/mol. The van der Waals surface area contributed by atoms with Crippen LogP contribution in [0.15, 0.2) is 26.2 Å². The Morgan fingerprint density at radius 3 is 2.64 bits per heavy atom. The molecule has 1 aromatic carbocycles. The summed E-state index contributed by atoms with van der Waals surface area (Å²) < 4.78 is 60.8. The second kappa shape index (κ2) is 6.21. The van der Waals surface area contributed by atoms with E-state index in [-0.39, 0.29) is 16.0 Å². The van der Waals surface area contributed by atoms with Gasteiger partial charge in [0.05, 0.1) is 21.5 Å². The van der Waals surface area contributed by atoms with Crippen molar-refractivity contribution in [3.05, 3.63) is 28.5 Å². The summed E-state index contributed by atoms with van der Waals surface area (Å²) >= 11 is 0. The van der Waals surface area contributed by atoms with Crippen LogP contribution in [-0.4, -0.2) is 33.7 Å². The molecule has 9 nitrogen and oxygen atoms in total. The van der Waals surface area contributed by atoms with E-state index in [2.05, 4.69) is 19.9 Å². The summed E-state index contributed by atoms with van der Waals surface area (Å²) in [6.45, 7) is 3.84. The molecule has 2 aromatic heterocycles. The molecule has 4 rings (SSSR count). The van der Waals surface area contributed by atoms with E-state index in [4.69, 9.17) is 4.42 Å². The van der Waals surface area contributed by atoms with Crippen molar-refractivity contribution in [2.45, 2.75) is 50.1 Å². The highest BCUT2D eigenvalue weighted by atomic mass is 32.2. The molecule has 0 spiro atoms. The molecule has 0 aliphatic heterocycles. The molecule has 28 heavy (non-hydrogen) atoms. The molecular weight excluding hydrogens is 396 g/mol. The number of fused-ring (bicyclic) bond motifs is 1. The molecule has 2 heterocycles. The molecule has 1 saturated carbocycles. The summed E-state index contributed by atoms with van der Waals surface area (Å²) in [7, 11) is -4.04. The van der Waals surface area contributed by atoms with E-state index in [1.54, 1.807) is 13.8 Å². The van der Waals surface area contributed by atoms with Gasteiger partial charge in [-0.1, -0.05) is 0 Å². The van der Waals surface area contributed by atoms with Crippen molar-refractivity contribution < 1.29 is 21.6 Å². The fourth-order valence-corrected chi connectivity index (χ4v) is 4.72. The van der Waals surface area contributed by atoms with E-state index in [0.717, 1.165) is 0 Å². The topological polar surface area (TPSA) is 123 Å². The molecule has 0 atom stereocenters. The van der Waals surface area contributed by atoms with Crippen LogP contribution in [-0.2, 0) is 16.6 Å². The summed E-state index contributed by atoms with van der Waals surface area (Å²) in [5, 5.41) is 6.87. The molecular formula is C16H17F2N5O4S. The molecule has 1 fully saturated rings. The van der Waals surface area contributed by atoms with Gasteiger partial charge in [0.25, 0.3) is 11.8 Å². The van der Waals surface area contributed by atoms with Crippen molar-refractivity contribution in [2.24, 2.45) is 0 Å². The average Bonchev–Trinajstić information content (AvgIpc) is 3.05. The van der Waals surface area contributed by atoms with Gasteiger partial charge >= 0.3 is 12.1 Å². The predicted octanol–water partition coefficient (Wildman–Crippen LogP) is 2.17. The molecule has 2 N–H and O–H groups in total. The third-order valence-electron chi connectivity index (χ3n) is 4.74. The highest BCUT2D eigenvalue weighted by Crippen LogP contribution is 2.39. The number of nitrogens with one attached hydrogen (secondary N) is 2. The van der Waals surface area contributed by atoms with E-state index in [0.29, 0.717) is 24.9 Å². The zero-order valence-corrected chi connectivity index (χ0v) is 15.8. The number of alkyl halides is 2. The van der Waals surface area contributed by atoms with E-state index < -0.39 is 39.5 Å². The van der Waals surface area contributed by atoms with Crippen LogP contribution in [0.5, 0.6) is 0 Å². The highest BCUT2D eigenvalue weighted by molar-refractivity contribution is 7.89. The lowest BCUT2D eigenvalue weighted by Crippen LogP contribution is -2.34. The van der Waals surface area contributed by atoms with Crippen LogP contribution >= 0.6 is 0 Å². The smallest absolute Gasteiger partial charge is 0.326 e. The van der Waals surface area contributed by atoms with Gasteiger partial charge in [0.15, 0.2) is 0 Å². The third kappa shape index (κ3) is 3.02. The van der Waals surface area contributed by atoms with E-state index in [1.165, 1.54) is 16.7 Å². The second-order valence-electron chi connectivity index (χ2n) is 6.92. The molecule has 1 aliphatic rings. The number of aromatic amines is 1. The molecule has 1 aliphatic carbocycles. The zero-order valence-electron chi connectivity index (χ0n) is 15.0. The van der Waals surface area contributed by atoms with Gasteiger partial charge in [-0.15, -0.1) is 10.2 Å². The summed E-state index contributed by atoms with van der Waals surface area (Å²) in [5.74, 6) is -1.35. The Labute approximate surface area is 157 Å². The number of imidazole rings is 1. The number of hydrogen-bond acceptors (Lipinski definition) is 6. The summed E-state index contributed by atoms with van der Waals surface area (Å²) in [6.07, 6.45) is -1.64. The molecule has 0 saturated heterocycles. The summed E-state index contributed by atoms with van der Waals surface area (Å²) in [4.78, 5) is 14.6. The van der Waals surface area contributed by atoms with Crippen molar-refractivity contribution in [1.82, 2.24) is 24.5 Å². The molecule has 12 heteroatoms. The quantitative estimate of drug-likeness (QED) is 0.638. The van der Waals surface area contributed by atoms with Crippen molar-refractivity contribution in [2.75, 3.05) is 0 Å². The second-order valence-corrected chi connectivity index (χ2v) is 8.57. The third-order valence-corrected chi connectivity index (χ3v) is 6.42. The lowest BCUT2D eigenvalue weighted by Gasteiger charge is -2.14. The minimum Gasteiger partial charge on any atom is -0.415 e. The van der Waals surface area contributed by atoms with Gasteiger partial charge in [-0.25, -0.2) is 17.9 Å². The average molecular weight is 413 g/mol. The number of H-pyrrole nitrogens is 1. The Balaban J connectivity index is 2.00. The maximum Gasteiger partial charge on any atom is 0.326 e. The number of aryl methyl sites for hydroxylation is 1. The number of nitrogens with zero attached hydrogens (tertiary/aromatic N) is 3. The van der Waals surface area contributed by atoms with Crippen molar-refractivity contribution >= 4 is 21.1 Å². The van der Waals surface area contributed by atoms with Crippen molar-refractivity contribution in [3.63, 3.8) is 0 Å². The standard InChI is InChI=1S/C16H17F2N5O4S/c1-3-23-8-4-5-9(28(25,26)22-16(2)6-7-16)10(11(8)19-15(23)24)13-20-21-14(27-13)12(17)18/h4-5,12,22H,3,6-7H2,1-2H3,(H,19,24). The van der Waals surface area contributed by atoms with Crippen LogP contribution in [0, 0.1) is 0 Å². The Morgan fingerprint density at radius 2 is 2.07 bits per heavy atom. The van der Waals surface area contributed by atoms with Crippen LogP contribution in [0.2, 0.25) is 0 Å². The lowest BCUT2D eigenvalue weighted by molar-refractivity contribution is 0.116. The van der Waals surface area contributed by atoms with Gasteiger partial charge in [0, 0.05) is 12.1 Å². The first-order valence-electron chi connectivity index (χ1n) is 8.56. The summed E-state index contributed by atoms with van der Waals surface area (Å²) in [6, 6.07) is 2.78. The lowest BCUT2D eigenvalue weighted by atomic mass is 10.2. The van der Waals surface area contributed by atoms with Gasteiger partial charge < -0.3 is 9.40 Å². The number of halogens is 2. The molecule has 0 radical (unpaired) electrons. The van der Waals surface area contributed by atoms with Gasteiger partial charge in [0.2, 0.25) is 10.0 Å². The first-order chi connectivity index (χ1) is 13.1. The van der Waals surface area contributed by atoms with E-state index >= 15 is 0 Å². The zero-order chi connectivity index (χ0) is 20.3.